The largest absolute Gasteiger partial charge is 0.341 e. The van der Waals surface area contributed by atoms with Gasteiger partial charge in [0.25, 0.3) is 11.8 Å². The van der Waals surface area contributed by atoms with Gasteiger partial charge in [0.2, 0.25) is 5.91 Å². The fourth-order valence-corrected chi connectivity index (χ4v) is 3.34. The Balaban J connectivity index is 1.87. The van der Waals surface area contributed by atoms with Crippen LogP contribution < -0.4 is 5.32 Å². The number of nitrogens with one attached hydrogen (secondary N) is 1. The van der Waals surface area contributed by atoms with E-state index in [1.54, 1.807) is 28.9 Å². The first-order chi connectivity index (χ1) is 13.2. The Morgan fingerprint density at radius 1 is 1.32 bits per heavy atom. The van der Waals surface area contributed by atoms with Crippen LogP contribution in [0.3, 0.4) is 0 Å². The average Bonchev–Trinajstić information content (AvgIpc) is 3.00. The first-order valence-electron chi connectivity index (χ1n) is 8.95. The molecule has 0 bridgehead atoms. The lowest BCUT2D eigenvalue weighted by molar-refractivity contribution is -0.135. The summed E-state index contributed by atoms with van der Waals surface area (Å²) in [7, 11) is 0. The van der Waals surface area contributed by atoms with Crippen LogP contribution in [0.25, 0.3) is 5.69 Å². The zero-order valence-corrected chi connectivity index (χ0v) is 15.8. The van der Waals surface area contributed by atoms with Gasteiger partial charge in [-0.05, 0) is 38.1 Å². The summed E-state index contributed by atoms with van der Waals surface area (Å²) in [6.07, 6.45) is 0.567. The maximum atomic E-state index is 14.4. The maximum Gasteiger partial charge on any atom is 0.271 e. The third-order valence-electron chi connectivity index (χ3n) is 4.81. The van der Waals surface area contributed by atoms with Gasteiger partial charge in [0.05, 0.1) is 16.9 Å². The van der Waals surface area contributed by atoms with Gasteiger partial charge in [0.15, 0.2) is 0 Å². The number of halogens is 2. The molecule has 148 valence electrons. The first-order valence-corrected chi connectivity index (χ1v) is 8.95. The minimum absolute atomic E-state index is 0.0768. The highest BCUT2D eigenvalue weighted by Crippen LogP contribution is 2.29. The van der Waals surface area contributed by atoms with Crippen molar-refractivity contribution >= 4 is 11.8 Å². The van der Waals surface area contributed by atoms with Crippen LogP contribution in [-0.4, -0.2) is 51.5 Å². The second-order valence-corrected chi connectivity index (χ2v) is 6.88. The molecule has 1 aliphatic heterocycles. The molecule has 1 saturated heterocycles. The van der Waals surface area contributed by atoms with E-state index >= 15 is 0 Å². The third kappa shape index (κ3) is 3.81. The van der Waals surface area contributed by atoms with Crippen molar-refractivity contribution in [3.8, 4) is 5.69 Å². The molecule has 2 heterocycles. The molecule has 0 saturated carbocycles. The molecule has 0 radical (unpaired) electrons. The molecule has 1 fully saturated rings. The number of nitrogens with zero attached hydrogens (tertiary/aromatic N) is 3. The number of benzene rings is 1. The fraction of sp³-hybridized carbons (Fsp3) is 0.350. The van der Waals surface area contributed by atoms with Crippen molar-refractivity contribution in [2.45, 2.75) is 32.2 Å². The summed E-state index contributed by atoms with van der Waals surface area (Å²) in [5, 5.41) is 6.78. The zero-order chi connectivity index (χ0) is 20.5. The first kappa shape index (κ1) is 19.7. The standard InChI is InChI=1S/C20H22F2N4O2/c1-4-18(27)25-10-9-20(21,22)17(12-25)23-19(28)15-7-5-6-8-16(15)26-14(3)11-13(2)24-26/h4-8,11,17H,1,9-10,12H2,2-3H3,(H,23,28)/t17-/m1/s1. The predicted molar refractivity (Wildman–Crippen MR) is 101 cm³/mol. The quantitative estimate of drug-likeness (QED) is 0.819. The highest BCUT2D eigenvalue weighted by atomic mass is 19.3. The predicted octanol–water partition coefficient (Wildman–Crippen LogP) is 2.64. The summed E-state index contributed by atoms with van der Waals surface area (Å²) < 4.78 is 30.4. The summed E-state index contributed by atoms with van der Waals surface area (Å²) in [5.41, 5.74) is 2.34. The van der Waals surface area contributed by atoms with E-state index in [9.17, 15) is 18.4 Å². The van der Waals surface area contributed by atoms with Crippen molar-refractivity contribution in [1.82, 2.24) is 20.0 Å². The van der Waals surface area contributed by atoms with Crippen LogP contribution in [0, 0.1) is 13.8 Å². The molecule has 8 heteroatoms. The van der Waals surface area contributed by atoms with Gasteiger partial charge in [0.1, 0.15) is 6.04 Å². The van der Waals surface area contributed by atoms with Crippen LogP contribution in [0.1, 0.15) is 28.2 Å². The van der Waals surface area contributed by atoms with Crippen molar-refractivity contribution in [3.63, 3.8) is 0 Å². The van der Waals surface area contributed by atoms with Crippen LogP contribution in [-0.2, 0) is 4.79 Å². The number of likely N-dealkylation sites (tertiary alicyclic amines) is 1. The second kappa shape index (κ2) is 7.53. The number of aryl methyl sites for hydroxylation is 2. The summed E-state index contributed by atoms with van der Waals surface area (Å²) >= 11 is 0. The summed E-state index contributed by atoms with van der Waals surface area (Å²) in [6, 6.07) is 7.07. The Hall–Kier alpha value is -3.03. The van der Waals surface area contributed by atoms with Crippen molar-refractivity contribution < 1.29 is 18.4 Å². The maximum absolute atomic E-state index is 14.4. The molecule has 1 aromatic heterocycles. The number of piperidine rings is 1. The van der Waals surface area contributed by atoms with E-state index < -0.39 is 30.2 Å². The SMILES string of the molecule is C=CC(=O)N1CCC(F)(F)[C@H](NC(=O)c2ccccc2-n2nc(C)cc2C)C1. The number of hydrogen-bond acceptors (Lipinski definition) is 3. The normalized spacial score (nSPS) is 18.6. The molecule has 1 atom stereocenters. The van der Waals surface area contributed by atoms with Gasteiger partial charge in [-0.25, -0.2) is 13.5 Å². The lowest BCUT2D eigenvalue weighted by Gasteiger charge is -2.38. The van der Waals surface area contributed by atoms with Crippen molar-refractivity contribution in [2.24, 2.45) is 0 Å². The van der Waals surface area contributed by atoms with E-state index in [1.807, 2.05) is 19.9 Å². The number of amides is 2. The van der Waals surface area contributed by atoms with Crippen LogP contribution in [0.4, 0.5) is 8.78 Å². The minimum Gasteiger partial charge on any atom is -0.341 e. The Labute approximate surface area is 161 Å². The topological polar surface area (TPSA) is 67.2 Å². The summed E-state index contributed by atoms with van der Waals surface area (Å²) in [5.74, 6) is -4.18. The van der Waals surface area contributed by atoms with Gasteiger partial charge in [-0.2, -0.15) is 5.10 Å². The summed E-state index contributed by atoms with van der Waals surface area (Å²) in [4.78, 5) is 25.9. The lowest BCUT2D eigenvalue weighted by atomic mass is 10.00. The fourth-order valence-electron chi connectivity index (χ4n) is 3.34. The highest BCUT2D eigenvalue weighted by molar-refractivity contribution is 5.98. The number of alkyl halides is 2. The van der Waals surface area contributed by atoms with Crippen LogP contribution in [0.5, 0.6) is 0 Å². The van der Waals surface area contributed by atoms with Crippen molar-refractivity contribution in [3.05, 3.63) is 59.9 Å². The van der Waals surface area contributed by atoms with Gasteiger partial charge in [-0.1, -0.05) is 18.7 Å². The van der Waals surface area contributed by atoms with Crippen LogP contribution in [0.2, 0.25) is 0 Å². The van der Waals surface area contributed by atoms with Gasteiger partial charge in [-0.15, -0.1) is 0 Å². The lowest BCUT2D eigenvalue weighted by Crippen LogP contribution is -2.59. The highest BCUT2D eigenvalue weighted by Gasteiger charge is 2.45. The number of carbonyl (C=O) groups excluding carboxylic acids is 2. The molecule has 1 aromatic carbocycles. The van der Waals surface area contributed by atoms with Crippen molar-refractivity contribution in [1.29, 1.82) is 0 Å². The van der Waals surface area contributed by atoms with Crippen molar-refractivity contribution in [2.75, 3.05) is 13.1 Å². The Kier molecular flexibility index (Phi) is 5.31. The molecule has 3 rings (SSSR count). The van der Waals surface area contributed by atoms with Gasteiger partial charge < -0.3 is 10.2 Å². The van der Waals surface area contributed by atoms with E-state index in [-0.39, 0.29) is 18.7 Å². The smallest absolute Gasteiger partial charge is 0.271 e. The van der Waals surface area contributed by atoms with Gasteiger partial charge >= 0.3 is 0 Å². The van der Waals surface area contributed by atoms with E-state index in [1.165, 1.54) is 4.90 Å². The number of carbonyl (C=O) groups is 2. The average molecular weight is 388 g/mol. The second-order valence-electron chi connectivity index (χ2n) is 6.88. The number of para-hydroxylation sites is 1. The van der Waals surface area contributed by atoms with Gasteiger partial charge in [-0.3, -0.25) is 9.59 Å². The Bertz CT molecular complexity index is 923. The van der Waals surface area contributed by atoms with E-state index in [0.29, 0.717) is 5.69 Å². The minimum atomic E-state index is -3.11. The van der Waals surface area contributed by atoms with Gasteiger partial charge in [0, 0.05) is 25.2 Å². The molecule has 1 N–H and O–H groups in total. The molecule has 0 spiro atoms. The molecular weight excluding hydrogens is 366 g/mol. The Morgan fingerprint density at radius 2 is 2.04 bits per heavy atom. The molecule has 6 nitrogen and oxygen atoms in total. The molecule has 28 heavy (non-hydrogen) atoms. The molecule has 0 aliphatic carbocycles. The molecule has 2 aromatic rings. The van der Waals surface area contributed by atoms with E-state index in [0.717, 1.165) is 17.5 Å². The van der Waals surface area contributed by atoms with E-state index in [2.05, 4.69) is 17.0 Å². The Morgan fingerprint density at radius 3 is 2.68 bits per heavy atom. The monoisotopic (exact) mass is 388 g/mol. The van der Waals surface area contributed by atoms with Crippen LogP contribution in [0.15, 0.2) is 43.0 Å². The number of rotatable bonds is 4. The molecular formula is C20H22F2N4O2. The van der Waals surface area contributed by atoms with Crippen LogP contribution >= 0.6 is 0 Å². The summed E-state index contributed by atoms with van der Waals surface area (Å²) in [6.45, 7) is 6.72. The number of aromatic nitrogens is 2. The molecule has 0 unspecified atom stereocenters. The third-order valence-corrected chi connectivity index (χ3v) is 4.81. The number of hydrogen-bond donors (Lipinski definition) is 1. The van der Waals surface area contributed by atoms with E-state index in [4.69, 9.17) is 0 Å². The zero-order valence-electron chi connectivity index (χ0n) is 15.8. The molecule has 2 amide bonds. The molecule has 1 aliphatic rings.